The van der Waals surface area contributed by atoms with Crippen LogP contribution in [-0.4, -0.2) is 152 Å². The third kappa shape index (κ3) is 20.8. The van der Waals surface area contributed by atoms with E-state index in [1.54, 1.807) is 16.9 Å². The van der Waals surface area contributed by atoms with Crippen molar-refractivity contribution in [3.63, 3.8) is 0 Å². The topological polar surface area (TPSA) is 361 Å². The van der Waals surface area contributed by atoms with Gasteiger partial charge >= 0.3 is 6.03 Å². The molecule has 1 aliphatic heterocycles. The number of primary amides is 1. The summed E-state index contributed by atoms with van der Waals surface area (Å²) in [5, 5.41) is 12.6. The molecule has 0 unspecified atom stereocenters. The number of hydroxylamine groups is 2. The Balaban J connectivity index is 1.91. The predicted molar refractivity (Wildman–Crippen MR) is 246 cm³/mol. The average Bonchev–Trinajstić information content (AvgIpc) is 3.70. The fraction of sp³-hybridized carbons (Fsp3) is 0.619. The molecule has 1 aliphatic rings. The number of Topliss-reactive ketones (excluding diaryl/α,β-unsaturated/α-hetero) is 3. The Bertz CT molecular complexity index is 1880. The standard InChI is InChI=1S/C42H71N15O9/c1-28(29(2)59)54-65-22-20-56-19-8-7-17-48-42(64)50-27-57(52-31(26-58)24-30-25-49-33-11-4-3-10-32(30)33)21-23-66-55-36(14-15-37(44)60)40(63)51-34(12-5-6-16-43)38(61)39(62)35(53-56)13-9-18-47-41(45)46/h3-4,10-11,25-26,28,31,34-36,49,52-55H,5-9,12-24,27,43H2,1-2H3,(H2,44,60)(H,51,63)(H4,45,46,47)(H2,48,50,64)/t28-,31-,34-,35-,36-/m0/s1. The number of urea groups is 1. The molecule has 5 atom stereocenters. The second-order valence-corrected chi connectivity index (χ2v) is 16.0. The van der Waals surface area contributed by atoms with Crippen LogP contribution in [0.25, 0.3) is 10.9 Å². The highest BCUT2D eigenvalue weighted by atomic mass is 16.6. The minimum atomic E-state index is -1.27. The van der Waals surface area contributed by atoms with Crippen LogP contribution < -0.4 is 60.7 Å². The van der Waals surface area contributed by atoms with Gasteiger partial charge in [0.15, 0.2) is 5.96 Å². The zero-order chi connectivity index (χ0) is 48.3. The van der Waals surface area contributed by atoms with Crippen LogP contribution in [0.1, 0.15) is 77.2 Å². The van der Waals surface area contributed by atoms with Crippen molar-refractivity contribution in [2.45, 2.75) is 108 Å². The number of ketones is 3. The van der Waals surface area contributed by atoms with Gasteiger partial charge in [-0.1, -0.05) is 18.2 Å². The van der Waals surface area contributed by atoms with E-state index in [4.69, 9.17) is 32.6 Å². The molecule has 1 saturated heterocycles. The number of benzene rings is 1. The number of hydrogen-bond donors (Lipinski definition) is 12. The number of rotatable bonds is 22. The molecule has 1 aromatic carbocycles. The lowest BCUT2D eigenvalue weighted by Gasteiger charge is -2.30. The van der Waals surface area contributed by atoms with Gasteiger partial charge in [0.2, 0.25) is 23.4 Å². The Morgan fingerprint density at radius 3 is 2.47 bits per heavy atom. The van der Waals surface area contributed by atoms with Gasteiger partial charge < -0.3 is 48.7 Å². The number of nitrogens with one attached hydrogen (secondary N) is 8. The maximum atomic E-state index is 14.2. The van der Waals surface area contributed by atoms with Gasteiger partial charge in [-0.15, -0.1) is 0 Å². The average molecular weight is 930 g/mol. The summed E-state index contributed by atoms with van der Waals surface area (Å²) in [6.45, 7) is 4.40. The first kappa shape index (κ1) is 54.9. The summed E-state index contributed by atoms with van der Waals surface area (Å²) in [7, 11) is 0. The molecule has 0 spiro atoms. The van der Waals surface area contributed by atoms with Crippen molar-refractivity contribution in [1.29, 1.82) is 0 Å². The number of hydrogen-bond acceptors (Lipinski definition) is 17. The van der Waals surface area contributed by atoms with Crippen molar-refractivity contribution in [2.24, 2.45) is 27.9 Å². The van der Waals surface area contributed by atoms with E-state index in [-0.39, 0.29) is 83.5 Å². The van der Waals surface area contributed by atoms with Crippen LogP contribution in [-0.2, 0) is 44.9 Å². The molecule has 368 valence electrons. The molecule has 0 saturated carbocycles. The van der Waals surface area contributed by atoms with Crippen molar-refractivity contribution in [3.05, 3.63) is 36.0 Å². The van der Waals surface area contributed by atoms with Crippen LogP contribution in [0.3, 0.4) is 0 Å². The van der Waals surface area contributed by atoms with Crippen molar-refractivity contribution < 1.29 is 43.2 Å². The van der Waals surface area contributed by atoms with Crippen molar-refractivity contribution in [2.75, 3.05) is 59.2 Å². The molecule has 2 aromatic rings. The lowest BCUT2D eigenvalue weighted by atomic mass is 9.95. The largest absolute Gasteiger partial charge is 0.370 e. The first-order valence-corrected chi connectivity index (χ1v) is 22.4. The molecule has 4 amide bonds. The summed E-state index contributed by atoms with van der Waals surface area (Å²) >= 11 is 0. The van der Waals surface area contributed by atoms with E-state index in [1.807, 2.05) is 30.5 Å². The van der Waals surface area contributed by atoms with Crippen LogP contribution in [0.5, 0.6) is 0 Å². The predicted octanol–water partition coefficient (Wildman–Crippen LogP) is -2.23. The smallest absolute Gasteiger partial charge is 0.315 e. The Morgan fingerprint density at radius 1 is 0.985 bits per heavy atom. The van der Waals surface area contributed by atoms with Gasteiger partial charge in [0.1, 0.15) is 18.1 Å². The number of nitrogens with zero attached hydrogens (tertiary/aromatic N) is 3. The molecule has 0 radical (unpaired) electrons. The second-order valence-electron chi connectivity index (χ2n) is 16.0. The highest BCUT2D eigenvalue weighted by molar-refractivity contribution is 6.41. The lowest BCUT2D eigenvalue weighted by molar-refractivity contribution is -0.142. The molecule has 24 nitrogen and oxygen atoms in total. The van der Waals surface area contributed by atoms with Gasteiger partial charge in [-0.2, -0.15) is 11.0 Å². The molecule has 0 bridgehead atoms. The minimum absolute atomic E-state index is 0.0574. The number of nitrogens with two attached hydrogens (primary N) is 4. The van der Waals surface area contributed by atoms with Gasteiger partial charge in [-0.05, 0) is 89.8 Å². The summed E-state index contributed by atoms with van der Waals surface area (Å²) in [5.41, 5.74) is 35.8. The molecule has 2 heterocycles. The third-order valence-electron chi connectivity index (χ3n) is 10.6. The van der Waals surface area contributed by atoms with Crippen LogP contribution in [0, 0.1) is 0 Å². The number of carbonyl (C=O) groups is 7. The van der Waals surface area contributed by atoms with E-state index in [0.29, 0.717) is 51.6 Å². The molecule has 24 heteroatoms. The van der Waals surface area contributed by atoms with E-state index >= 15 is 0 Å². The summed E-state index contributed by atoms with van der Waals surface area (Å²) in [5.74, 6) is -3.35. The highest BCUT2D eigenvalue weighted by Gasteiger charge is 2.34. The number of amides is 4. The number of guanidine groups is 1. The molecule has 1 aromatic heterocycles. The van der Waals surface area contributed by atoms with Crippen LogP contribution in [0.15, 0.2) is 35.5 Å². The summed E-state index contributed by atoms with van der Waals surface area (Å²) in [6, 6.07) is 2.39. The first-order chi connectivity index (χ1) is 31.7. The molecular formula is C42H71N15O9. The number of aldehydes is 1. The number of hydrazine groups is 2. The number of aliphatic imine (C=N–C) groups is 1. The van der Waals surface area contributed by atoms with E-state index < -0.39 is 59.6 Å². The quantitative estimate of drug-likeness (QED) is 0.0148. The monoisotopic (exact) mass is 930 g/mol. The lowest BCUT2D eigenvalue weighted by Crippen LogP contribution is -2.57. The number of para-hydroxylation sites is 1. The van der Waals surface area contributed by atoms with Gasteiger partial charge in [0.25, 0.3) is 0 Å². The second kappa shape index (κ2) is 30.7. The maximum Gasteiger partial charge on any atom is 0.315 e. The van der Waals surface area contributed by atoms with E-state index in [2.05, 4.69) is 47.7 Å². The Labute approximate surface area is 385 Å². The number of fused-ring (bicyclic) bond motifs is 1. The molecule has 0 aliphatic carbocycles. The number of carbonyl (C=O) groups excluding carboxylic acids is 7. The van der Waals surface area contributed by atoms with Gasteiger partial charge in [-0.25, -0.2) is 25.7 Å². The SMILES string of the molecule is CC(=O)[C@H](C)NOCCN1CCCCNC(=O)NCN(N[C@H](C=O)Cc2c[nH]c3ccccc23)CCON[C@@H](CCC(N)=O)C(=O)N[C@@H](CCCCN)C(=O)C(=O)[C@H](CCCN=C(N)N)N1. The molecule has 66 heavy (non-hydrogen) atoms. The Morgan fingerprint density at radius 2 is 1.74 bits per heavy atom. The zero-order valence-electron chi connectivity index (χ0n) is 38.1. The number of unbranched alkanes of at least 4 members (excludes halogenated alkanes) is 1. The van der Waals surface area contributed by atoms with Gasteiger partial charge in [-0.3, -0.25) is 38.6 Å². The van der Waals surface area contributed by atoms with Gasteiger partial charge in [0.05, 0.1) is 44.0 Å². The summed E-state index contributed by atoms with van der Waals surface area (Å²) in [4.78, 5) is 110. The molecule has 3 rings (SSSR count). The van der Waals surface area contributed by atoms with Crippen molar-refractivity contribution >= 4 is 58.3 Å². The Kier molecular flexibility index (Phi) is 25.5. The van der Waals surface area contributed by atoms with Crippen LogP contribution in [0.2, 0.25) is 0 Å². The maximum absolute atomic E-state index is 14.2. The van der Waals surface area contributed by atoms with Crippen molar-refractivity contribution in [1.82, 2.24) is 52.8 Å². The summed E-state index contributed by atoms with van der Waals surface area (Å²) in [6.07, 6.45) is 5.07. The highest BCUT2D eigenvalue weighted by Crippen LogP contribution is 2.19. The molecular weight excluding hydrogens is 859 g/mol. The fourth-order valence-electron chi connectivity index (χ4n) is 6.81. The summed E-state index contributed by atoms with van der Waals surface area (Å²) < 4.78 is 0. The third-order valence-corrected chi connectivity index (χ3v) is 10.6. The number of H-pyrrole nitrogens is 1. The molecule has 1 fully saturated rings. The minimum Gasteiger partial charge on any atom is -0.370 e. The van der Waals surface area contributed by atoms with E-state index in [0.717, 1.165) is 22.8 Å². The zero-order valence-corrected chi connectivity index (χ0v) is 38.1. The fourth-order valence-corrected chi connectivity index (χ4v) is 6.81. The van der Waals surface area contributed by atoms with Crippen LogP contribution >= 0.6 is 0 Å². The normalized spacial score (nSPS) is 20.5. The molecule has 16 N–H and O–H groups in total. The number of aromatic nitrogens is 1. The number of aromatic amines is 1. The van der Waals surface area contributed by atoms with E-state index in [1.165, 1.54) is 6.92 Å². The van der Waals surface area contributed by atoms with Crippen molar-refractivity contribution in [3.8, 4) is 0 Å². The van der Waals surface area contributed by atoms with Crippen LogP contribution in [0.4, 0.5) is 4.79 Å². The first-order valence-electron chi connectivity index (χ1n) is 22.4. The Hall–Kier alpha value is -5.44. The van der Waals surface area contributed by atoms with E-state index in [9.17, 15) is 33.6 Å². The van der Waals surface area contributed by atoms with Gasteiger partial charge in [0, 0.05) is 56.2 Å².